The van der Waals surface area contributed by atoms with Crippen LogP contribution in [0.2, 0.25) is 0 Å². The molecule has 0 atom stereocenters. The maximum atomic E-state index is 6.25. The third-order valence-electron chi connectivity index (χ3n) is 3.88. The van der Waals surface area contributed by atoms with Gasteiger partial charge in [-0.05, 0) is 38.0 Å². The highest BCUT2D eigenvalue weighted by atomic mass is 15.4. The molecule has 0 unspecified atom stereocenters. The Morgan fingerprint density at radius 1 is 1.35 bits per heavy atom. The normalized spacial score (nSPS) is 19.6. The van der Waals surface area contributed by atoms with Crippen LogP contribution in [0.4, 0.5) is 11.5 Å². The maximum Gasteiger partial charge on any atom is 0.150 e. The van der Waals surface area contributed by atoms with E-state index in [1.165, 1.54) is 32.2 Å². The van der Waals surface area contributed by atoms with Crippen LogP contribution in [0.15, 0.2) is 0 Å². The van der Waals surface area contributed by atoms with E-state index in [1.807, 2.05) is 11.7 Å². The molecule has 0 aliphatic heterocycles. The van der Waals surface area contributed by atoms with E-state index < -0.39 is 0 Å². The molecule has 2 aliphatic rings. The van der Waals surface area contributed by atoms with Crippen molar-refractivity contribution < 1.29 is 0 Å². The average Bonchev–Trinajstić information content (AvgIpc) is 3.16. The predicted molar refractivity (Wildman–Crippen MR) is 70.1 cm³/mol. The molecule has 2 N–H and O–H groups in total. The highest BCUT2D eigenvalue weighted by molar-refractivity contribution is 5.67. The molecule has 1 aromatic rings. The Morgan fingerprint density at radius 2 is 2.06 bits per heavy atom. The summed E-state index contributed by atoms with van der Waals surface area (Å²) in [5.41, 5.74) is 8.20. The quantitative estimate of drug-likeness (QED) is 0.847. The second-order valence-corrected chi connectivity index (χ2v) is 5.49. The van der Waals surface area contributed by atoms with E-state index in [1.54, 1.807) is 0 Å². The van der Waals surface area contributed by atoms with Crippen molar-refractivity contribution in [2.24, 2.45) is 13.0 Å². The van der Waals surface area contributed by atoms with Crippen molar-refractivity contribution in [3.8, 4) is 0 Å². The van der Waals surface area contributed by atoms with Crippen LogP contribution in [0, 0.1) is 5.92 Å². The molecule has 94 valence electrons. The van der Waals surface area contributed by atoms with E-state index in [2.05, 4.69) is 16.9 Å². The van der Waals surface area contributed by atoms with E-state index in [4.69, 9.17) is 5.73 Å². The van der Waals surface area contributed by atoms with Gasteiger partial charge in [-0.25, -0.2) is 0 Å². The topological polar surface area (TPSA) is 47.1 Å². The largest absolute Gasteiger partial charge is 0.394 e. The van der Waals surface area contributed by atoms with Gasteiger partial charge in [-0.2, -0.15) is 5.10 Å². The number of nitrogens with two attached hydrogens (primary N) is 1. The third-order valence-corrected chi connectivity index (χ3v) is 3.88. The summed E-state index contributed by atoms with van der Waals surface area (Å²) in [6, 6.07) is 0.720. The zero-order chi connectivity index (χ0) is 12.0. The number of aromatic nitrogens is 2. The lowest BCUT2D eigenvalue weighted by Crippen LogP contribution is -2.30. The molecule has 2 fully saturated rings. The fourth-order valence-electron chi connectivity index (χ4n) is 2.56. The van der Waals surface area contributed by atoms with Gasteiger partial charge in [0, 0.05) is 19.6 Å². The fourth-order valence-corrected chi connectivity index (χ4v) is 2.56. The minimum absolute atomic E-state index is 0.720. The third kappa shape index (κ3) is 2.01. The minimum Gasteiger partial charge on any atom is -0.394 e. The molecule has 4 heteroatoms. The molecule has 0 spiro atoms. The van der Waals surface area contributed by atoms with Crippen LogP contribution in [0.1, 0.15) is 38.3 Å². The Balaban J connectivity index is 1.90. The Bertz CT molecular complexity index is 415. The molecule has 17 heavy (non-hydrogen) atoms. The first-order chi connectivity index (χ1) is 8.20. The van der Waals surface area contributed by atoms with E-state index in [-0.39, 0.29) is 0 Å². The molecular weight excluding hydrogens is 212 g/mol. The molecule has 0 amide bonds. The molecule has 2 aliphatic carbocycles. The first kappa shape index (κ1) is 10.9. The Hall–Kier alpha value is -1.19. The number of rotatable bonds is 5. The maximum absolute atomic E-state index is 6.25. The summed E-state index contributed by atoms with van der Waals surface area (Å²) in [6.07, 6.45) is 6.34. The van der Waals surface area contributed by atoms with Crippen molar-refractivity contribution >= 4 is 11.5 Å². The molecule has 3 rings (SSSR count). The predicted octanol–water partition coefficient (Wildman–Crippen LogP) is 1.94. The van der Waals surface area contributed by atoms with Crippen LogP contribution in [0.3, 0.4) is 0 Å². The number of nitrogens with zero attached hydrogens (tertiary/aromatic N) is 3. The number of hydrogen-bond acceptors (Lipinski definition) is 3. The standard InChI is InChI=1S/C13H22N4/c1-3-11-12(14)13(16(2)15-11)17(10-6-7-10)8-9-4-5-9/h9-10H,3-8,14H2,1-2H3. The van der Waals surface area contributed by atoms with E-state index in [9.17, 15) is 0 Å². The van der Waals surface area contributed by atoms with Gasteiger partial charge in [-0.1, -0.05) is 6.92 Å². The summed E-state index contributed by atoms with van der Waals surface area (Å²) in [5.74, 6) is 2.06. The lowest BCUT2D eigenvalue weighted by Gasteiger charge is -2.25. The van der Waals surface area contributed by atoms with Gasteiger partial charge >= 0.3 is 0 Å². The monoisotopic (exact) mass is 234 g/mol. The van der Waals surface area contributed by atoms with Gasteiger partial charge in [-0.15, -0.1) is 0 Å². The van der Waals surface area contributed by atoms with Crippen molar-refractivity contribution in [3.05, 3.63) is 5.69 Å². The smallest absolute Gasteiger partial charge is 0.150 e. The van der Waals surface area contributed by atoms with Gasteiger partial charge in [0.2, 0.25) is 0 Å². The molecule has 1 heterocycles. The average molecular weight is 234 g/mol. The lowest BCUT2D eigenvalue weighted by atomic mass is 10.2. The van der Waals surface area contributed by atoms with Crippen molar-refractivity contribution in [1.29, 1.82) is 0 Å². The number of hydrogen-bond donors (Lipinski definition) is 1. The van der Waals surface area contributed by atoms with Crippen LogP contribution < -0.4 is 10.6 Å². The van der Waals surface area contributed by atoms with Gasteiger partial charge in [0.25, 0.3) is 0 Å². The fraction of sp³-hybridized carbons (Fsp3) is 0.769. The number of anilines is 2. The lowest BCUT2D eigenvalue weighted by molar-refractivity contribution is 0.661. The highest BCUT2D eigenvalue weighted by Gasteiger charge is 2.36. The van der Waals surface area contributed by atoms with Gasteiger partial charge in [0.05, 0.1) is 11.4 Å². The van der Waals surface area contributed by atoms with Crippen LogP contribution in [0.25, 0.3) is 0 Å². The van der Waals surface area contributed by atoms with E-state index >= 15 is 0 Å². The van der Waals surface area contributed by atoms with Gasteiger partial charge < -0.3 is 10.6 Å². The second-order valence-electron chi connectivity index (χ2n) is 5.49. The molecule has 1 aromatic heterocycles. The first-order valence-corrected chi connectivity index (χ1v) is 6.78. The molecule has 0 radical (unpaired) electrons. The Labute approximate surface area is 103 Å². The van der Waals surface area contributed by atoms with Crippen LogP contribution in [-0.2, 0) is 13.5 Å². The summed E-state index contributed by atoms with van der Waals surface area (Å²) < 4.78 is 1.98. The summed E-state index contributed by atoms with van der Waals surface area (Å²) in [7, 11) is 2.02. The van der Waals surface area contributed by atoms with Crippen LogP contribution >= 0.6 is 0 Å². The van der Waals surface area contributed by atoms with Crippen molar-refractivity contribution in [2.45, 2.75) is 45.1 Å². The summed E-state index contributed by atoms with van der Waals surface area (Å²) in [5, 5.41) is 4.54. The zero-order valence-electron chi connectivity index (χ0n) is 10.8. The molecule has 0 aromatic carbocycles. The van der Waals surface area contributed by atoms with Gasteiger partial charge in [0.1, 0.15) is 0 Å². The minimum atomic E-state index is 0.720. The molecule has 2 saturated carbocycles. The van der Waals surface area contributed by atoms with Crippen LogP contribution in [0.5, 0.6) is 0 Å². The summed E-state index contributed by atoms with van der Waals surface area (Å²) >= 11 is 0. The SMILES string of the molecule is CCc1nn(C)c(N(CC2CC2)C2CC2)c1N. The summed E-state index contributed by atoms with van der Waals surface area (Å²) in [6.45, 7) is 3.29. The second kappa shape index (κ2) is 3.93. The Kier molecular flexibility index (Phi) is 2.53. The zero-order valence-corrected chi connectivity index (χ0v) is 10.8. The van der Waals surface area contributed by atoms with E-state index in [0.717, 1.165) is 35.6 Å². The van der Waals surface area contributed by atoms with Crippen molar-refractivity contribution in [1.82, 2.24) is 9.78 Å². The molecule has 4 nitrogen and oxygen atoms in total. The van der Waals surface area contributed by atoms with Gasteiger partial charge in [-0.3, -0.25) is 4.68 Å². The van der Waals surface area contributed by atoms with Crippen molar-refractivity contribution in [2.75, 3.05) is 17.2 Å². The number of aryl methyl sites for hydroxylation is 2. The summed E-state index contributed by atoms with van der Waals surface area (Å²) in [4.78, 5) is 2.51. The van der Waals surface area contributed by atoms with E-state index in [0.29, 0.717) is 0 Å². The Morgan fingerprint density at radius 3 is 2.53 bits per heavy atom. The number of nitrogen functional groups attached to an aromatic ring is 1. The molecule has 0 bridgehead atoms. The van der Waals surface area contributed by atoms with Gasteiger partial charge in [0.15, 0.2) is 5.82 Å². The van der Waals surface area contributed by atoms with Crippen molar-refractivity contribution in [3.63, 3.8) is 0 Å². The first-order valence-electron chi connectivity index (χ1n) is 6.78. The molecular formula is C13H22N4. The highest BCUT2D eigenvalue weighted by Crippen LogP contribution is 2.40. The van der Waals surface area contributed by atoms with Crippen LogP contribution in [-0.4, -0.2) is 22.4 Å². The molecule has 0 saturated heterocycles.